The molecule has 0 fully saturated rings. The molecule has 0 saturated carbocycles. The van der Waals surface area contributed by atoms with Crippen molar-refractivity contribution in [1.29, 1.82) is 0 Å². The number of nitrogens with zero attached hydrogens (tertiary/aromatic N) is 2. The van der Waals surface area contributed by atoms with Crippen molar-refractivity contribution in [2.75, 3.05) is 0 Å². The molecule has 10 heavy (non-hydrogen) atoms. The van der Waals surface area contributed by atoms with Crippen molar-refractivity contribution in [1.82, 2.24) is 9.78 Å². The fourth-order valence-electron chi connectivity index (χ4n) is 0.605. The lowest BCUT2D eigenvalue weighted by atomic mass is 10.5. The fraction of sp³-hybridized carbons (Fsp3) is 0.200. The zero-order valence-corrected chi connectivity index (χ0v) is 8.05. The summed E-state index contributed by atoms with van der Waals surface area (Å²) in [6, 6.07) is 0. The molecule has 54 valence electrons. The Morgan fingerprint density at radius 3 is 2.60 bits per heavy atom. The molecule has 0 radical (unpaired) electrons. The third-order valence-corrected chi connectivity index (χ3v) is 2.75. The van der Waals surface area contributed by atoms with Gasteiger partial charge in [-0.2, -0.15) is 5.10 Å². The molecule has 0 amide bonds. The quantitative estimate of drug-likeness (QED) is 0.572. The summed E-state index contributed by atoms with van der Waals surface area (Å²) in [6.45, 7) is 0. The van der Waals surface area contributed by atoms with Crippen LogP contribution in [0.25, 0.3) is 0 Å². The summed E-state index contributed by atoms with van der Waals surface area (Å²) in [5.41, 5.74) is 0.519. The van der Waals surface area contributed by atoms with Gasteiger partial charge in [0.1, 0.15) is 5.69 Å². The second-order valence-electron chi connectivity index (χ2n) is 1.73. The molecular weight excluding hydrogens is 266 g/mol. The molecule has 0 aliphatic carbocycles. The highest BCUT2D eigenvalue weighted by Crippen LogP contribution is 2.18. The molecule has 1 aromatic heterocycles. The molecule has 0 saturated heterocycles. The van der Waals surface area contributed by atoms with Gasteiger partial charge in [0.2, 0.25) is 0 Å². The van der Waals surface area contributed by atoms with Gasteiger partial charge in [-0.3, -0.25) is 9.48 Å². The van der Waals surface area contributed by atoms with Gasteiger partial charge in [0.15, 0.2) is 11.4 Å². The van der Waals surface area contributed by atoms with Crippen LogP contribution in [0.15, 0.2) is 0 Å². The Bertz CT molecular complexity index is 271. The lowest BCUT2D eigenvalue weighted by molar-refractivity contribution is 0.111. The number of aromatic nitrogens is 2. The number of halogens is 2. The van der Waals surface area contributed by atoms with Crippen LogP contribution >= 0.6 is 34.2 Å². The minimum Gasteiger partial charge on any atom is -0.296 e. The van der Waals surface area contributed by atoms with E-state index < -0.39 is 0 Å². The monoisotopic (exact) mass is 270 g/mol. The zero-order valence-electron chi connectivity index (χ0n) is 5.14. The van der Waals surface area contributed by atoms with Crippen LogP contribution < -0.4 is 0 Å². The smallest absolute Gasteiger partial charge is 0.169 e. The van der Waals surface area contributed by atoms with Gasteiger partial charge in [-0.15, -0.1) is 0 Å². The number of rotatable bonds is 1. The predicted octanol–water partition coefficient (Wildman–Crippen LogP) is 1.49. The summed E-state index contributed by atoms with van der Waals surface area (Å²) in [7, 11) is 1.68. The van der Waals surface area contributed by atoms with Gasteiger partial charge in [-0.25, -0.2) is 0 Å². The maximum atomic E-state index is 10.3. The van der Waals surface area contributed by atoms with Crippen LogP contribution in [-0.2, 0) is 7.05 Å². The number of carbonyl (C=O) groups excluding carboxylic acids is 1. The topological polar surface area (TPSA) is 34.9 Å². The lowest BCUT2D eigenvalue weighted by Gasteiger charge is -1.88. The van der Waals surface area contributed by atoms with E-state index in [1.807, 2.05) is 22.6 Å². The summed E-state index contributed by atoms with van der Waals surface area (Å²) in [6.07, 6.45) is 0.737. The molecule has 0 spiro atoms. The maximum absolute atomic E-state index is 10.3. The number of aldehydes is 1. The Hall–Kier alpha value is -0.100. The molecule has 1 heterocycles. The summed E-state index contributed by atoms with van der Waals surface area (Å²) < 4.78 is 2.16. The number of hydrogen-bond donors (Lipinski definition) is 0. The van der Waals surface area contributed by atoms with Crippen molar-refractivity contribution in [3.8, 4) is 0 Å². The Morgan fingerprint density at radius 2 is 2.40 bits per heavy atom. The lowest BCUT2D eigenvalue weighted by Crippen LogP contribution is -1.96. The highest BCUT2D eigenvalue weighted by Gasteiger charge is 2.09. The highest BCUT2D eigenvalue weighted by molar-refractivity contribution is 14.1. The molecular formula is C5H4ClIN2O. The number of aryl methyl sites for hydroxylation is 1. The van der Waals surface area contributed by atoms with E-state index in [0.717, 1.165) is 6.29 Å². The summed E-state index contributed by atoms with van der Waals surface area (Å²) >= 11 is 7.59. The minimum atomic E-state index is 0.380. The first-order chi connectivity index (χ1) is 4.66. The van der Waals surface area contributed by atoms with Crippen LogP contribution in [0.2, 0.25) is 5.15 Å². The molecule has 0 aliphatic heterocycles. The summed E-state index contributed by atoms with van der Waals surface area (Å²) in [5.74, 6) is 0. The van der Waals surface area contributed by atoms with Crippen LogP contribution in [0, 0.1) is 3.57 Å². The highest BCUT2D eigenvalue weighted by atomic mass is 127. The molecule has 1 aromatic rings. The van der Waals surface area contributed by atoms with E-state index in [0.29, 0.717) is 14.4 Å². The first-order valence-corrected chi connectivity index (χ1v) is 3.95. The van der Waals surface area contributed by atoms with Crippen LogP contribution in [-0.4, -0.2) is 16.1 Å². The van der Waals surface area contributed by atoms with Gasteiger partial charge in [0, 0.05) is 7.05 Å². The van der Waals surface area contributed by atoms with Crippen LogP contribution in [0.4, 0.5) is 0 Å². The van der Waals surface area contributed by atoms with E-state index in [2.05, 4.69) is 5.10 Å². The first-order valence-electron chi connectivity index (χ1n) is 2.50. The maximum Gasteiger partial charge on any atom is 0.169 e. The van der Waals surface area contributed by atoms with Crippen molar-refractivity contribution < 1.29 is 4.79 Å². The third kappa shape index (κ3) is 1.17. The second-order valence-corrected chi connectivity index (χ2v) is 3.17. The van der Waals surface area contributed by atoms with Crippen LogP contribution in [0.3, 0.4) is 0 Å². The molecule has 1 rings (SSSR count). The van der Waals surface area contributed by atoms with E-state index in [-0.39, 0.29) is 0 Å². The van der Waals surface area contributed by atoms with Crippen molar-refractivity contribution >= 4 is 40.5 Å². The Labute approximate surface area is 76.5 Å². The fourth-order valence-corrected chi connectivity index (χ4v) is 1.40. The van der Waals surface area contributed by atoms with Gasteiger partial charge >= 0.3 is 0 Å². The molecule has 0 bridgehead atoms. The molecule has 3 nitrogen and oxygen atoms in total. The van der Waals surface area contributed by atoms with Crippen molar-refractivity contribution in [2.24, 2.45) is 7.05 Å². The summed E-state index contributed by atoms with van der Waals surface area (Å²) in [5, 5.41) is 4.20. The molecule has 0 atom stereocenters. The molecule has 0 N–H and O–H groups in total. The largest absolute Gasteiger partial charge is 0.296 e. The van der Waals surface area contributed by atoms with E-state index >= 15 is 0 Å². The molecule has 0 aliphatic rings. The first kappa shape index (κ1) is 8.00. The second kappa shape index (κ2) is 2.87. The van der Waals surface area contributed by atoms with E-state index in [1.54, 1.807) is 7.05 Å². The number of carbonyl (C=O) groups is 1. The number of hydrogen-bond acceptors (Lipinski definition) is 2. The van der Waals surface area contributed by atoms with Crippen LogP contribution in [0.5, 0.6) is 0 Å². The molecule has 0 aromatic carbocycles. The Balaban J connectivity index is 3.33. The standard InChI is InChI=1S/C5H4ClIN2O/c1-9-3(2-10)4(7)5(6)8-9/h2H,1H3. The van der Waals surface area contributed by atoms with E-state index in [1.165, 1.54) is 4.68 Å². The molecule has 0 unspecified atom stereocenters. The van der Waals surface area contributed by atoms with Crippen molar-refractivity contribution in [3.63, 3.8) is 0 Å². The van der Waals surface area contributed by atoms with Gasteiger partial charge in [-0.05, 0) is 22.6 Å². The Kier molecular flexibility index (Phi) is 2.30. The average molecular weight is 270 g/mol. The van der Waals surface area contributed by atoms with Gasteiger partial charge in [0.25, 0.3) is 0 Å². The molecule has 5 heteroatoms. The summed E-state index contributed by atoms with van der Waals surface area (Å²) in [4.78, 5) is 10.3. The Morgan fingerprint density at radius 1 is 1.80 bits per heavy atom. The van der Waals surface area contributed by atoms with Gasteiger partial charge < -0.3 is 0 Å². The zero-order chi connectivity index (χ0) is 7.72. The van der Waals surface area contributed by atoms with Crippen molar-refractivity contribution in [2.45, 2.75) is 0 Å². The van der Waals surface area contributed by atoms with Crippen LogP contribution in [0.1, 0.15) is 10.5 Å². The SMILES string of the molecule is Cn1nc(Cl)c(I)c1C=O. The third-order valence-electron chi connectivity index (χ3n) is 1.10. The average Bonchev–Trinajstić information content (AvgIpc) is 2.09. The van der Waals surface area contributed by atoms with E-state index in [9.17, 15) is 4.79 Å². The normalized spacial score (nSPS) is 9.90. The van der Waals surface area contributed by atoms with Gasteiger partial charge in [0.05, 0.1) is 3.57 Å². The van der Waals surface area contributed by atoms with Crippen molar-refractivity contribution in [3.05, 3.63) is 14.4 Å². The van der Waals surface area contributed by atoms with E-state index in [4.69, 9.17) is 11.6 Å². The van der Waals surface area contributed by atoms with Gasteiger partial charge in [-0.1, -0.05) is 11.6 Å². The predicted molar refractivity (Wildman–Crippen MR) is 46.3 cm³/mol. The minimum absolute atomic E-state index is 0.380.